The summed E-state index contributed by atoms with van der Waals surface area (Å²) in [6.45, 7) is 5.04. The lowest BCUT2D eigenvalue weighted by molar-refractivity contribution is -0.151. The van der Waals surface area contributed by atoms with E-state index in [1.807, 2.05) is 0 Å². The molecule has 0 bridgehead atoms. The molecule has 0 radical (unpaired) electrons. The largest absolute Gasteiger partial charge is 0.481 e. The van der Waals surface area contributed by atoms with Crippen molar-refractivity contribution in [3.8, 4) is 5.75 Å². The number of aliphatic hydroxyl groups excluding tert-OH is 1. The molecule has 16 nitrogen and oxygen atoms in total. The van der Waals surface area contributed by atoms with Gasteiger partial charge in [0.2, 0.25) is 0 Å². The zero-order valence-corrected chi connectivity index (χ0v) is 25.5. The lowest BCUT2D eigenvalue weighted by atomic mass is 10.0. The first-order valence-corrected chi connectivity index (χ1v) is 15.3. The van der Waals surface area contributed by atoms with E-state index in [1.165, 1.54) is 19.1 Å². The lowest BCUT2D eigenvalue weighted by Crippen LogP contribution is -2.42. The molecule has 2 aromatic rings. The van der Waals surface area contributed by atoms with Gasteiger partial charge in [-0.3, -0.25) is 28.3 Å². The van der Waals surface area contributed by atoms with Gasteiger partial charge in [0, 0.05) is 18.2 Å². The van der Waals surface area contributed by atoms with Crippen LogP contribution >= 0.6 is 7.75 Å². The van der Waals surface area contributed by atoms with Crippen molar-refractivity contribution in [1.82, 2.24) is 14.2 Å². The molecule has 1 unspecified atom stereocenters. The first-order valence-electron chi connectivity index (χ1n) is 13.7. The summed E-state index contributed by atoms with van der Waals surface area (Å²) in [6, 6.07) is 7.97. The third-order valence-corrected chi connectivity index (χ3v) is 8.03. The van der Waals surface area contributed by atoms with Gasteiger partial charge in [0.05, 0.1) is 31.7 Å². The molecule has 44 heavy (non-hydrogen) atoms. The van der Waals surface area contributed by atoms with Gasteiger partial charge in [-0.05, 0) is 32.9 Å². The Morgan fingerprint density at radius 2 is 1.77 bits per heavy atom. The van der Waals surface area contributed by atoms with Crippen LogP contribution in [0, 0.1) is 5.92 Å². The molecule has 0 saturated carbocycles. The number of carbonyl (C=O) groups excluding carboxylic acids is 2. The summed E-state index contributed by atoms with van der Waals surface area (Å²) in [5.41, 5.74) is -1.72. The predicted molar refractivity (Wildman–Crippen MR) is 151 cm³/mol. The number of nitrogens with zero attached hydrogens (tertiary/aromatic N) is 2. The van der Waals surface area contributed by atoms with E-state index >= 15 is 0 Å². The summed E-state index contributed by atoms with van der Waals surface area (Å²) >= 11 is 0. The third-order valence-electron chi connectivity index (χ3n) is 6.39. The average Bonchev–Trinajstić information content (AvgIpc) is 3.23. The van der Waals surface area contributed by atoms with Gasteiger partial charge >= 0.3 is 31.3 Å². The number of hydrogen-bond acceptors (Lipinski definition) is 12. The Labute approximate surface area is 252 Å². The van der Waals surface area contributed by atoms with Crippen LogP contribution in [-0.4, -0.2) is 68.2 Å². The van der Waals surface area contributed by atoms with Gasteiger partial charge in [-0.2, -0.15) is 5.09 Å². The second-order valence-electron chi connectivity index (χ2n) is 10.3. The van der Waals surface area contributed by atoms with Gasteiger partial charge < -0.3 is 28.9 Å². The van der Waals surface area contributed by atoms with Crippen molar-refractivity contribution in [3.05, 3.63) is 63.4 Å². The molecule has 1 fully saturated rings. The predicted octanol–water partition coefficient (Wildman–Crippen LogP) is 1.40. The Balaban J connectivity index is 1.76. The van der Waals surface area contributed by atoms with Crippen molar-refractivity contribution in [2.24, 2.45) is 5.92 Å². The zero-order chi connectivity index (χ0) is 32.6. The number of rotatable bonds is 15. The molecule has 0 aliphatic carbocycles. The van der Waals surface area contributed by atoms with Crippen LogP contribution in [0.2, 0.25) is 0 Å². The van der Waals surface area contributed by atoms with Crippen molar-refractivity contribution in [3.63, 3.8) is 0 Å². The Bertz CT molecular complexity index is 1480. The number of benzene rings is 1. The number of carbonyl (C=O) groups is 3. The van der Waals surface area contributed by atoms with Crippen molar-refractivity contribution < 1.29 is 52.4 Å². The number of carboxylic acids is 1. The molecule has 1 saturated heterocycles. The molecule has 3 rings (SSSR count). The molecule has 1 aliphatic rings. The maximum absolute atomic E-state index is 13.8. The minimum absolute atomic E-state index is 0.171. The van der Waals surface area contributed by atoms with Crippen molar-refractivity contribution in [2.45, 2.75) is 77.8 Å². The van der Waals surface area contributed by atoms with E-state index < -0.39 is 99.6 Å². The lowest BCUT2D eigenvalue weighted by Gasteiger charge is -2.25. The highest BCUT2D eigenvalue weighted by atomic mass is 31.2. The first kappa shape index (κ1) is 34.7. The first-order chi connectivity index (χ1) is 20.7. The highest BCUT2D eigenvalue weighted by Gasteiger charge is 2.44. The Morgan fingerprint density at radius 1 is 1.09 bits per heavy atom. The maximum atomic E-state index is 13.8. The van der Waals surface area contributed by atoms with E-state index in [-0.39, 0.29) is 5.75 Å². The summed E-state index contributed by atoms with van der Waals surface area (Å²) in [6.07, 6.45) is -3.71. The van der Waals surface area contributed by atoms with Crippen LogP contribution in [0.15, 0.2) is 52.2 Å². The maximum Gasteiger partial charge on any atom is 0.459 e. The SMILES string of the molecule is CC(C)OC(=O)[C@H](C)NP(=O)(OC[C@H]1O[C@@H](n2ccc(=O)n(COC(=O)CCC(=O)O)c2=O)[C@@H](C)[C@@H]1O)Oc1ccccc1. The second kappa shape index (κ2) is 15.3. The number of aromatic nitrogens is 2. The minimum atomic E-state index is -4.28. The number of aliphatic carboxylic acids is 1. The molecular weight excluding hydrogens is 605 g/mol. The Kier molecular flexibility index (Phi) is 12.0. The fourth-order valence-corrected chi connectivity index (χ4v) is 5.62. The van der Waals surface area contributed by atoms with Gasteiger partial charge in [-0.25, -0.2) is 13.9 Å². The van der Waals surface area contributed by atoms with Crippen LogP contribution in [0.1, 0.15) is 46.8 Å². The van der Waals surface area contributed by atoms with E-state index in [0.29, 0.717) is 4.57 Å². The third kappa shape index (κ3) is 9.34. The minimum Gasteiger partial charge on any atom is -0.481 e. The monoisotopic (exact) mass is 641 g/mol. The van der Waals surface area contributed by atoms with Crippen molar-refractivity contribution in [1.29, 1.82) is 0 Å². The highest BCUT2D eigenvalue weighted by molar-refractivity contribution is 7.52. The van der Waals surface area contributed by atoms with Gasteiger partial charge in [-0.1, -0.05) is 25.1 Å². The van der Waals surface area contributed by atoms with E-state index in [9.17, 15) is 33.6 Å². The molecule has 1 aromatic heterocycles. The van der Waals surface area contributed by atoms with E-state index in [2.05, 4.69) is 5.09 Å². The number of esters is 2. The standard InChI is InChI=1S/C27H36N3O13P/c1-16(2)41-26(36)18(4)28-44(38,43-19-8-6-5-7-9-19)40-14-20-24(35)17(3)25(42-20)29-13-12-21(31)30(27(29)37)15-39-23(34)11-10-22(32)33/h5-9,12-13,16-18,20,24-25,35H,10-11,14-15H2,1-4H3,(H,28,38)(H,32,33)/t17-,18-,20+,24-,25+,44?/m0/s1. The Hall–Kier alpha value is -3.82. The van der Waals surface area contributed by atoms with Crippen LogP contribution in [0.4, 0.5) is 0 Å². The van der Waals surface area contributed by atoms with Crippen LogP contribution < -0.4 is 20.9 Å². The number of ether oxygens (including phenoxy) is 3. The van der Waals surface area contributed by atoms with Crippen LogP contribution in [0.5, 0.6) is 5.75 Å². The van der Waals surface area contributed by atoms with Gasteiger partial charge in [0.15, 0.2) is 6.73 Å². The van der Waals surface area contributed by atoms with Crippen molar-refractivity contribution >= 4 is 25.7 Å². The quantitative estimate of drug-likeness (QED) is 0.185. The topological polar surface area (TPSA) is 211 Å². The number of carboxylic acid groups (broad SMARTS) is 1. The second-order valence-corrected chi connectivity index (χ2v) is 12.0. The van der Waals surface area contributed by atoms with E-state index in [0.717, 1.165) is 16.8 Å². The van der Waals surface area contributed by atoms with Crippen molar-refractivity contribution in [2.75, 3.05) is 6.61 Å². The van der Waals surface area contributed by atoms with Gasteiger partial charge in [0.25, 0.3) is 5.56 Å². The molecule has 0 amide bonds. The van der Waals surface area contributed by atoms with E-state index in [1.54, 1.807) is 39.0 Å². The molecule has 3 N–H and O–H groups in total. The average molecular weight is 642 g/mol. The van der Waals surface area contributed by atoms with E-state index in [4.69, 9.17) is 28.4 Å². The number of hydrogen-bond donors (Lipinski definition) is 3. The molecule has 17 heteroatoms. The Morgan fingerprint density at radius 3 is 2.41 bits per heavy atom. The summed E-state index contributed by atoms with van der Waals surface area (Å²) in [4.78, 5) is 60.3. The highest BCUT2D eigenvalue weighted by Crippen LogP contribution is 2.46. The number of aliphatic hydroxyl groups is 1. The zero-order valence-electron chi connectivity index (χ0n) is 24.6. The fraction of sp³-hybridized carbons (Fsp3) is 0.519. The molecule has 1 aliphatic heterocycles. The summed E-state index contributed by atoms with van der Waals surface area (Å²) in [5, 5.41) is 22.1. The molecule has 6 atom stereocenters. The van der Waals surface area contributed by atoms with Gasteiger partial charge in [0.1, 0.15) is 24.1 Å². The molecule has 0 spiro atoms. The van der Waals surface area contributed by atoms with Gasteiger partial charge in [-0.15, -0.1) is 0 Å². The smallest absolute Gasteiger partial charge is 0.459 e. The number of para-hydroxylation sites is 1. The van der Waals surface area contributed by atoms with Crippen LogP contribution in [-0.2, 0) is 44.4 Å². The molecule has 242 valence electrons. The summed E-state index contributed by atoms with van der Waals surface area (Å²) in [5.74, 6) is -3.41. The molecule has 2 heterocycles. The fourth-order valence-electron chi connectivity index (χ4n) is 4.12. The summed E-state index contributed by atoms with van der Waals surface area (Å²) in [7, 11) is -4.28. The molecule has 1 aromatic carbocycles. The van der Waals surface area contributed by atoms with Crippen LogP contribution in [0.25, 0.3) is 0 Å². The summed E-state index contributed by atoms with van der Waals surface area (Å²) < 4.78 is 42.5. The number of nitrogens with one attached hydrogen (secondary N) is 1. The normalized spacial score (nSPS) is 21.8. The van der Waals surface area contributed by atoms with Crippen LogP contribution in [0.3, 0.4) is 0 Å². The molecular formula is C27H36N3O13P.